The Bertz CT molecular complexity index is 1090. The quantitative estimate of drug-likeness (QED) is 0.264. The third-order valence-electron chi connectivity index (χ3n) is 4.97. The number of hydrogen-bond acceptors (Lipinski definition) is 6. The maximum Gasteiger partial charge on any atom is 0.357 e. The van der Waals surface area contributed by atoms with E-state index in [1.165, 1.54) is 6.07 Å². The van der Waals surface area contributed by atoms with Crippen molar-refractivity contribution in [2.45, 2.75) is 5.54 Å². The first-order chi connectivity index (χ1) is 15.1. The van der Waals surface area contributed by atoms with Gasteiger partial charge in [0, 0.05) is 6.07 Å². The fraction of sp³-hybridized carbons (Fsp3) is 0.0417. The molecule has 1 aromatic heterocycles. The average molecular weight is 412 g/mol. The summed E-state index contributed by atoms with van der Waals surface area (Å²) in [5, 5.41) is 30.0. The van der Waals surface area contributed by atoms with Gasteiger partial charge in [-0.3, -0.25) is 0 Å². The number of hydrogen-bond donors (Lipinski definition) is 2. The molecule has 4 aromatic rings. The van der Waals surface area contributed by atoms with Crippen LogP contribution in [-0.2, 0) is 10.3 Å². The topological polar surface area (TPSA) is 111 Å². The molecule has 0 amide bonds. The number of carboxylic acids is 1. The van der Waals surface area contributed by atoms with E-state index in [0.717, 1.165) is 16.7 Å². The molecule has 0 bridgehead atoms. The maximum atomic E-state index is 11.3. The zero-order valence-electron chi connectivity index (χ0n) is 16.3. The molecule has 0 atom stereocenters. The van der Waals surface area contributed by atoms with E-state index in [4.69, 9.17) is 9.63 Å². The molecule has 0 unspecified atom stereocenters. The van der Waals surface area contributed by atoms with E-state index in [9.17, 15) is 10.0 Å². The first-order valence-corrected chi connectivity index (χ1v) is 9.50. The average Bonchev–Trinajstić information content (AvgIpc) is 3.27. The molecule has 0 aliphatic heterocycles. The molecule has 4 rings (SSSR count). The zero-order valence-corrected chi connectivity index (χ0v) is 16.3. The summed E-state index contributed by atoms with van der Waals surface area (Å²) in [6.07, 6.45) is 0. The van der Waals surface area contributed by atoms with Crippen molar-refractivity contribution in [3.8, 4) is 0 Å². The molecular weight excluding hydrogens is 394 g/mol. The van der Waals surface area contributed by atoms with E-state index < -0.39 is 17.2 Å². The molecule has 31 heavy (non-hydrogen) atoms. The number of anilines is 1. The minimum Gasteiger partial charge on any atom is -0.791 e. The summed E-state index contributed by atoms with van der Waals surface area (Å²) in [6, 6.07) is 30.8. The molecule has 1 heterocycles. The summed E-state index contributed by atoms with van der Waals surface area (Å²) >= 11 is 0. The van der Waals surface area contributed by atoms with Crippen molar-refractivity contribution in [3.05, 3.63) is 125 Å². The number of aromatic nitrogens is 1. The fourth-order valence-electron chi connectivity index (χ4n) is 3.61. The number of benzene rings is 3. The van der Waals surface area contributed by atoms with E-state index in [-0.39, 0.29) is 11.6 Å². The van der Waals surface area contributed by atoms with Crippen molar-refractivity contribution in [2.24, 2.45) is 5.16 Å². The second-order valence-corrected chi connectivity index (χ2v) is 6.79. The lowest BCUT2D eigenvalue weighted by Crippen LogP contribution is -2.38. The Balaban J connectivity index is 1.91. The van der Waals surface area contributed by atoms with Crippen molar-refractivity contribution in [3.63, 3.8) is 0 Å². The van der Waals surface area contributed by atoms with Crippen molar-refractivity contribution in [2.75, 3.05) is 5.32 Å². The number of carbonyl (C=O) groups is 1. The van der Waals surface area contributed by atoms with E-state index in [2.05, 4.69) is 15.6 Å². The normalized spacial score (nSPS) is 11.8. The Morgan fingerprint density at radius 3 is 1.71 bits per heavy atom. The summed E-state index contributed by atoms with van der Waals surface area (Å²) in [5.74, 6) is -1.46. The van der Waals surface area contributed by atoms with E-state index in [1.807, 2.05) is 91.0 Å². The van der Waals surface area contributed by atoms with Gasteiger partial charge in [-0.05, 0) is 16.7 Å². The van der Waals surface area contributed by atoms with Crippen LogP contribution in [0.4, 0.5) is 5.82 Å². The Morgan fingerprint density at radius 2 is 1.32 bits per heavy atom. The molecule has 7 nitrogen and oxygen atoms in total. The lowest BCUT2D eigenvalue weighted by molar-refractivity contribution is -0.129. The van der Waals surface area contributed by atoms with E-state index in [0.29, 0.717) is 0 Å². The zero-order chi connectivity index (χ0) is 21.7. The van der Waals surface area contributed by atoms with Crippen LogP contribution in [0.1, 0.15) is 22.5 Å². The molecule has 0 fully saturated rings. The first-order valence-electron chi connectivity index (χ1n) is 9.50. The van der Waals surface area contributed by atoms with Gasteiger partial charge in [0.15, 0.2) is 17.3 Å². The van der Waals surface area contributed by atoms with Crippen molar-refractivity contribution < 1.29 is 14.4 Å². The molecule has 0 saturated carbocycles. The highest BCUT2D eigenvalue weighted by atomic mass is 16.5. The first kappa shape index (κ1) is 19.9. The SMILES string of the molecule is O=C(O)/C(=N\[O-])c1cc(NC(c2ccccc2)(c2ccccc2)c2ccccc2)no1. The van der Waals surface area contributed by atoms with Gasteiger partial charge in [0.2, 0.25) is 0 Å². The van der Waals surface area contributed by atoms with Gasteiger partial charge in [-0.1, -0.05) is 96.2 Å². The van der Waals surface area contributed by atoms with Crippen LogP contribution in [0, 0.1) is 5.21 Å². The highest BCUT2D eigenvalue weighted by Crippen LogP contribution is 2.39. The Labute approximate surface area is 178 Å². The summed E-state index contributed by atoms with van der Waals surface area (Å²) in [4.78, 5) is 11.3. The van der Waals surface area contributed by atoms with Crippen molar-refractivity contribution in [1.29, 1.82) is 0 Å². The molecule has 0 aliphatic rings. The van der Waals surface area contributed by atoms with E-state index in [1.54, 1.807) is 0 Å². The molecule has 3 aromatic carbocycles. The third-order valence-corrected chi connectivity index (χ3v) is 4.97. The highest BCUT2D eigenvalue weighted by Gasteiger charge is 2.37. The van der Waals surface area contributed by atoms with Crippen LogP contribution < -0.4 is 5.32 Å². The fourth-order valence-corrected chi connectivity index (χ4v) is 3.61. The van der Waals surface area contributed by atoms with E-state index >= 15 is 0 Å². The standard InChI is InChI=1S/C24H19N3O4/c28-23(29)22(26-30)20-16-21(27-31-20)25-24(17-10-4-1-5-11-17,18-12-6-2-7-13-18)19-14-8-3-9-15-19/h1-16,30H,(H,25,27)(H,28,29)/p-1/b26-22-. The van der Waals surface area contributed by atoms with Gasteiger partial charge in [0.25, 0.3) is 0 Å². The molecule has 7 heteroatoms. The maximum absolute atomic E-state index is 11.3. The third kappa shape index (κ3) is 3.76. The predicted octanol–water partition coefficient (Wildman–Crippen LogP) is 4.45. The predicted molar refractivity (Wildman–Crippen MR) is 117 cm³/mol. The Hall–Kier alpha value is -4.39. The van der Waals surface area contributed by atoms with Gasteiger partial charge in [-0.2, -0.15) is 0 Å². The Morgan fingerprint density at radius 1 is 0.871 bits per heavy atom. The monoisotopic (exact) mass is 412 g/mol. The van der Waals surface area contributed by atoms with Crippen LogP contribution in [0.15, 0.2) is 107 Å². The lowest BCUT2D eigenvalue weighted by atomic mass is 9.77. The van der Waals surface area contributed by atoms with Crippen LogP contribution in [0.5, 0.6) is 0 Å². The molecule has 2 N–H and O–H groups in total. The number of carboxylic acid groups (broad SMARTS) is 1. The van der Waals surface area contributed by atoms with Gasteiger partial charge in [-0.15, -0.1) is 0 Å². The molecule has 0 aliphatic carbocycles. The van der Waals surface area contributed by atoms with Crippen molar-refractivity contribution in [1.82, 2.24) is 5.16 Å². The van der Waals surface area contributed by atoms with Gasteiger partial charge in [0.05, 0.1) is 0 Å². The number of rotatable bonds is 7. The summed E-state index contributed by atoms with van der Waals surface area (Å²) < 4.78 is 5.11. The molecule has 0 saturated heterocycles. The van der Waals surface area contributed by atoms with Gasteiger partial charge in [-0.25, -0.2) is 4.79 Å². The summed E-state index contributed by atoms with van der Waals surface area (Å²) in [5.41, 5.74) is 1.20. The largest absolute Gasteiger partial charge is 0.791 e. The smallest absolute Gasteiger partial charge is 0.357 e. The number of nitrogens with one attached hydrogen (secondary N) is 1. The van der Waals surface area contributed by atoms with Crippen molar-refractivity contribution >= 4 is 17.5 Å². The molecule has 0 spiro atoms. The van der Waals surface area contributed by atoms with Gasteiger partial charge in [0.1, 0.15) is 5.54 Å². The minimum atomic E-state index is -1.49. The van der Waals surface area contributed by atoms with Crippen LogP contribution in [0.2, 0.25) is 0 Å². The van der Waals surface area contributed by atoms with Crippen LogP contribution >= 0.6 is 0 Å². The molecular formula is C24H18N3O4-. The lowest BCUT2D eigenvalue weighted by Gasteiger charge is -2.36. The van der Waals surface area contributed by atoms with Crippen LogP contribution in [0.25, 0.3) is 0 Å². The minimum absolute atomic E-state index is 0.229. The highest BCUT2D eigenvalue weighted by molar-refractivity contribution is 6.41. The Kier molecular flexibility index (Phi) is 5.49. The summed E-state index contributed by atoms with van der Waals surface area (Å²) in [7, 11) is 0. The second-order valence-electron chi connectivity index (χ2n) is 6.79. The molecule has 0 radical (unpaired) electrons. The molecule has 154 valence electrons. The number of nitrogens with zero attached hydrogens (tertiary/aromatic N) is 2. The van der Waals surface area contributed by atoms with Gasteiger partial charge < -0.3 is 25.3 Å². The van der Waals surface area contributed by atoms with Gasteiger partial charge >= 0.3 is 5.97 Å². The second kappa shape index (κ2) is 8.54. The van der Waals surface area contributed by atoms with Crippen LogP contribution in [-0.4, -0.2) is 21.9 Å². The van der Waals surface area contributed by atoms with Crippen LogP contribution in [0.3, 0.4) is 0 Å². The number of aliphatic carboxylic acids is 1. The summed E-state index contributed by atoms with van der Waals surface area (Å²) in [6.45, 7) is 0.